The molecule has 2 unspecified atom stereocenters. The number of nitrogens with one attached hydrogen (secondary N) is 1. The lowest BCUT2D eigenvalue weighted by molar-refractivity contribution is 0.319. The van der Waals surface area contributed by atoms with Crippen molar-refractivity contribution in [2.75, 3.05) is 0 Å². The molecule has 1 aliphatic carbocycles. The molecule has 0 aromatic carbocycles. The third-order valence-corrected chi connectivity index (χ3v) is 4.58. The van der Waals surface area contributed by atoms with E-state index in [1.54, 1.807) is 0 Å². The molecule has 0 radical (unpaired) electrons. The van der Waals surface area contributed by atoms with Crippen molar-refractivity contribution in [2.45, 2.75) is 90.5 Å². The molecule has 0 spiro atoms. The minimum Gasteiger partial charge on any atom is -0.271 e. The van der Waals surface area contributed by atoms with Gasteiger partial charge in [0.15, 0.2) is 0 Å². The van der Waals surface area contributed by atoms with Crippen molar-refractivity contribution >= 4 is 0 Å². The van der Waals surface area contributed by atoms with E-state index in [-0.39, 0.29) is 0 Å². The molecule has 0 amide bonds. The Labute approximate surface area is 114 Å². The molecule has 1 aliphatic rings. The van der Waals surface area contributed by atoms with E-state index in [1.165, 1.54) is 70.6 Å². The Bertz CT molecular complexity index is 190. The first kappa shape index (κ1) is 16.0. The zero-order valence-corrected chi connectivity index (χ0v) is 12.6. The Morgan fingerprint density at radius 2 is 1.56 bits per heavy atom. The Morgan fingerprint density at radius 3 is 2.06 bits per heavy atom. The van der Waals surface area contributed by atoms with Gasteiger partial charge < -0.3 is 0 Å². The first-order chi connectivity index (χ1) is 8.79. The minimum atomic E-state index is 0.553. The van der Waals surface area contributed by atoms with Gasteiger partial charge in [0.1, 0.15) is 0 Å². The van der Waals surface area contributed by atoms with E-state index in [9.17, 15) is 0 Å². The normalized spacial score (nSPS) is 18.8. The molecule has 1 rings (SSSR count). The third-order valence-electron chi connectivity index (χ3n) is 4.58. The molecule has 0 aromatic heterocycles. The molecule has 1 fully saturated rings. The van der Waals surface area contributed by atoms with Crippen molar-refractivity contribution in [2.24, 2.45) is 17.7 Å². The van der Waals surface area contributed by atoms with Crippen LogP contribution in [0.1, 0.15) is 84.5 Å². The Hall–Kier alpha value is -0.0800. The van der Waals surface area contributed by atoms with Gasteiger partial charge in [0.2, 0.25) is 0 Å². The Morgan fingerprint density at radius 1 is 1.00 bits per heavy atom. The third kappa shape index (κ3) is 6.75. The van der Waals surface area contributed by atoms with Crippen LogP contribution in [0.5, 0.6) is 0 Å². The predicted octanol–water partition coefficient (Wildman–Crippen LogP) is 4.40. The number of hydrazine groups is 1. The van der Waals surface area contributed by atoms with Gasteiger partial charge in [-0.05, 0) is 31.1 Å². The van der Waals surface area contributed by atoms with Gasteiger partial charge in [0.05, 0.1) is 0 Å². The molecule has 18 heavy (non-hydrogen) atoms. The fraction of sp³-hybridized carbons (Fsp3) is 1.00. The van der Waals surface area contributed by atoms with Gasteiger partial charge in [-0.2, -0.15) is 0 Å². The Kier molecular flexibility index (Phi) is 8.70. The molecular formula is C16H34N2. The highest BCUT2D eigenvalue weighted by Crippen LogP contribution is 2.38. The van der Waals surface area contributed by atoms with E-state index >= 15 is 0 Å². The van der Waals surface area contributed by atoms with Crippen LogP contribution in [0.2, 0.25) is 0 Å². The van der Waals surface area contributed by atoms with Gasteiger partial charge in [-0.25, -0.2) is 0 Å². The predicted molar refractivity (Wildman–Crippen MR) is 80.2 cm³/mol. The summed E-state index contributed by atoms with van der Waals surface area (Å²) in [6, 6.07) is 0.553. The zero-order chi connectivity index (χ0) is 13.2. The van der Waals surface area contributed by atoms with Gasteiger partial charge in [-0.15, -0.1) is 0 Å². The second kappa shape index (κ2) is 9.80. The van der Waals surface area contributed by atoms with E-state index in [4.69, 9.17) is 5.84 Å². The van der Waals surface area contributed by atoms with Gasteiger partial charge in [0.25, 0.3) is 0 Å². The molecule has 0 aliphatic heterocycles. The van der Waals surface area contributed by atoms with Crippen LogP contribution < -0.4 is 11.3 Å². The summed E-state index contributed by atoms with van der Waals surface area (Å²) in [5.74, 6) is 7.42. The molecule has 1 saturated carbocycles. The van der Waals surface area contributed by atoms with E-state index in [0.717, 1.165) is 11.8 Å². The summed E-state index contributed by atoms with van der Waals surface area (Å²) in [6.07, 6.45) is 15.3. The molecule has 3 N–H and O–H groups in total. The van der Waals surface area contributed by atoms with Crippen LogP contribution in [0.4, 0.5) is 0 Å². The Balaban J connectivity index is 1.92. The number of hydrogen-bond acceptors (Lipinski definition) is 2. The fourth-order valence-corrected chi connectivity index (χ4v) is 2.95. The van der Waals surface area contributed by atoms with E-state index < -0.39 is 0 Å². The first-order valence-corrected chi connectivity index (χ1v) is 8.25. The molecule has 108 valence electrons. The minimum absolute atomic E-state index is 0.553. The second-order valence-electron chi connectivity index (χ2n) is 6.23. The second-order valence-corrected chi connectivity index (χ2v) is 6.23. The molecule has 0 aromatic rings. The van der Waals surface area contributed by atoms with E-state index in [1.807, 2.05) is 0 Å². The zero-order valence-electron chi connectivity index (χ0n) is 12.6. The number of hydrogen-bond donors (Lipinski definition) is 2. The quantitative estimate of drug-likeness (QED) is 0.308. The molecule has 2 heteroatoms. The SMILES string of the molecule is CCCCCCCCCCC(NN)C(C)C1CC1. The summed E-state index contributed by atoms with van der Waals surface area (Å²) in [5, 5.41) is 0. The van der Waals surface area contributed by atoms with Crippen LogP contribution in [0, 0.1) is 11.8 Å². The van der Waals surface area contributed by atoms with Gasteiger partial charge in [-0.3, -0.25) is 11.3 Å². The van der Waals surface area contributed by atoms with E-state index in [0.29, 0.717) is 6.04 Å². The van der Waals surface area contributed by atoms with Crippen molar-refractivity contribution in [1.82, 2.24) is 5.43 Å². The highest BCUT2D eigenvalue weighted by atomic mass is 15.2. The number of unbranched alkanes of at least 4 members (excludes halogenated alkanes) is 7. The summed E-state index contributed by atoms with van der Waals surface area (Å²) in [7, 11) is 0. The van der Waals surface area contributed by atoms with Crippen LogP contribution in [0.3, 0.4) is 0 Å². The van der Waals surface area contributed by atoms with Gasteiger partial charge in [0, 0.05) is 6.04 Å². The molecular weight excluding hydrogens is 220 g/mol. The highest BCUT2D eigenvalue weighted by Gasteiger charge is 2.32. The highest BCUT2D eigenvalue weighted by molar-refractivity contribution is 4.85. The first-order valence-electron chi connectivity index (χ1n) is 8.25. The average Bonchev–Trinajstić information content (AvgIpc) is 3.21. The lowest BCUT2D eigenvalue weighted by Crippen LogP contribution is -2.40. The lowest BCUT2D eigenvalue weighted by Gasteiger charge is -2.23. The van der Waals surface area contributed by atoms with Crippen LogP contribution in [-0.2, 0) is 0 Å². The van der Waals surface area contributed by atoms with Crippen LogP contribution >= 0.6 is 0 Å². The fourth-order valence-electron chi connectivity index (χ4n) is 2.95. The molecule has 0 saturated heterocycles. The summed E-state index contributed by atoms with van der Waals surface area (Å²) < 4.78 is 0. The van der Waals surface area contributed by atoms with Crippen molar-refractivity contribution in [3.05, 3.63) is 0 Å². The maximum atomic E-state index is 5.69. The average molecular weight is 254 g/mol. The van der Waals surface area contributed by atoms with Crippen LogP contribution in [0.15, 0.2) is 0 Å². The lowest BCUT2D eigenvalue weighted by atomic mass is 9.92. The summed E-state index contributed by atoms with van der Waals surface area (Å²) >= 11 is 0. The van der Waals surface area contributed by atoms with Crippen molar-refractivity contribution < 1.29 is 0 Å². The maximum absolute atomic E-state index is 5.69. The van der Waals surface area contributed by atoms with Crippen LogP contribution in [-0.4, -0.2) is 6.04 Å². The summed E-state index contributed by atoms with van der Waals surface area (Å²) in [6.45, 7) is 4.65. The monoisotopic (exact) mass is 254 g/mol. The molecule has 2 nitrogen and oxygen atoms in total. The summed E-state index contributed by atoms with van der Waals surface area (Å²) in [4.78, 5) is 0. The van der Waals surface area contributed by atoms with Crippen molar-refractivity contribution in [3.63, 3.8) is 0 Å². The van der Waals surface area contributed by atoms with Crippen molar-refractivity contribution in [3.8, 4) is 0 Å². The maximum Gasteiger partial charge on any atom is 0.0238 e. The standard InChI is InChI=1S/C16H34N2/c1-3-4-5-6-7-8-9-10-11-16(18-17)14(2)15-12-13-15/h14-16,18H,3-13,17H2,1-2H3. The molecule has 0 bridgehead atoms. The van der Waals surface area contributed by atoms with Crippen LogP contribution in [0.25, 0.3) is 0 Å². The van der Waals surface area contributed by atoms with Gasteiger partial charge >= 0.3 is 0 Å². The van der Waals surface area contributed by atoms with E-state index in [2.05, 4.69) is 19.3 Å². The summed E-state index contributed by atoms with van der Waals surface area (Å²) in [5.41, 5.74) is 3.04. The number of rotatable bonds is 12. The number of nitrogens with two attached hydrogens (primary N) is 1. The molecule has 2 atom stereocenters. The smallest absolute Gasteiger partial charge is 0.0238 e. The molecule has 0 heterocycles. The topological polar surface area (TPSA) is 38.0 Å². The van der Waals surface area contributed by atoms with Crippen molar-refractivity contribution in [1.29, 1.82) is 0 Å². The van der Waals surface area contributed by atoms with Gasteiger partial charge in [-0.1, -0.05) is 65.2 Å². The largest absolute Gasteiger partial charge is 0.271 e.